The number of H-pyrrole nitrogens is 2. The van der Waals surface area contributed by atoms with E-state index in [4.69, 9.17) is 20.3 Å². The molecular weight excluding hydrogens is 481 g/mol. The molecule has 3 aromatic heterocycles. The molecule has 0 spiro atoms. The Morgan fingerprint density at radius 2 is 1.87 bits per heavy atom. The van der Waals surface area contributed by atoms with E-state index in [1.807, 2.05) is 36.4 Å². The summed E-state index contributed by atoms with van der Waals surface area (Å²) < 4.78 is 25.0. The minimum Gasteiger partial charge on any atom is -0.497 e. The first-order valence-corrected chi connectivity index (χ1v) is 12.2. The number of hydrogen-bond donors (Lipinski definition) is 3. The van der Waals surface area contributed by atoms with E-state index in [9.17, 15) is 4.39 Å². The maximum Gasteiger partial charge on any atom is 0.137 e. The number of fused-ring (bicyclic) bond motifs is 1. The number of nitrogens with zero attached hydrogens (tertiary/aromatic N) is 2. The number of pyridine rings is 1. The third-order valence-corrected chi connectivity index (χ3v) is 6.76. The van der Waals surface area contributed by atoms with E-state index in [1.165, 1.54) is 24.8 Å². The quantitative estimate of drug-likeness (QED) is 0.314. The van der Waals surface area contributed by atoms with Crippen LogP contribution in [0, 0.1) is 5.82 Å². The van der Waals surface area contributed by atoms with E-state index in [1.54, 1.807) is 25.7 Å². The summed E-state index contributed by atoms with van der Waals surface area (Å²) in [5, 5.41) is 10.8. The largest absolute Gasteiger partial charge is 0.497 e. The van der Waals surface area contributed by atoms with Gasteiger partial charge in [0.2, 0.25) is 0 Å². The summed E-state index contributed by atoms with van der Waals surface area (Å²) in [5.74, 6) is 0.767. The summed E-state index contributed by atoms with van der Waals surface area (Å²) in [6, 6.07) is 14.6. The molecule has 0 amide bonds. The van der Waals surface area contributed by atoms with E-state index < -0.39 is 0 Å². The van der Waals surface area contributed by atoms with Gasteiger partial charge in [0.05, 0.1) is 31.5 Å². The van der Waals surface area contributed by atoms with Gasteiger partial charge in [-0.05, 0) is 71.5 Å². The Morgan fingerprint density at radius 1 is 1.03 bits per heavy atom. The monoisotopic (exact) mass is 507 g/mol. The molecular formula is C30H26FN5O2. The molecule has 1 aliphatic rings. The van der Waals surface area contributed by atoms with E-state index in [0.29, 0.717) is 11.5 Å². The van der Waals surface area contributed by atoms with Crippen LogP contribution in [0.4, 0.5) is 4.39 Å². The van der Waals surface area contributed by atoms with Crippen molar-refractivity contribution in [3.05, 3.63) is 89.1 Å². The molecule has 1 saturated carbocycles. The summed E-state index contributed by atoms with van der Waals surface area (Å²) in [6.45, 7) is 0. The van der Waals surface area contributed by atoms with Crippen molar-refractivity contribution in [1.82, 2.24) is 20.2 Å². The van der Waals surface area contributed by atoms with Gasteiger partial charge in [-0.3, -0.25) is 10.1 Å². The maximum absolute atomic E-state index is 14.3. The fourth-order valence-electron chi connectivity index (χ4n) is 4.72. The summed E-state index contributed by atoms with van der Waals surface area (Å²) in [7, 11) is 3.14. The average molecular weight is 508 g/mol. The van der Waals surface area contributed by atoms with Crippen LogP contribution in [0.25, 0.3) is 50.6 Å². The number of hydrogen-bond acceptors (Lipinski definition) is 5. The Kier molecular flexibility index (Phi) is 5.92. The number of allylic oxidation sites excluding steroid dienone is 1. The molecule has 0 atom stereocenters. The predicted octanol–water partition coefficient (Wildman–Crippen LogP) is 4.50. The molecule has 5 aromatic rings. The third kappa shape index (κ3) is 4.30. The number of aromatic amines is 2. The zero-order valence-corrected chi connectivity index (χ0v) is 21.0. The lowest BCUT2D eigenvalue weighted by molar-refractivity contribution is 0.411. The minimum atomic E-state index is -0.351. The van der Waals surface area contributed by atoms with Crippen molar-refractivity contribution in [2.45, 2.75) is 12.8 Å². The number of nitrogens with two attached hydrogens (primary N) is 1. The Morgan fingerprint density at radius 3 is 2.63 bits per heavy atom. The highest BCUT2D eigenvalue weighted by atomic mass is 19.1. The fraction of sp³-hybridized carbons (Fsp3) is 0.133. The standard InChI is InChI=1S/C30H26FN5O2/c1-37-22-9-18(8-21(31)12-22)24-4-3-5-27-25(24)13-28(34-27)30-26(29(35-36-30)17-6-7-17)11-19(14-32)20-10-23(38-2)16-33-15-20/h3-5,8-16,34-35H,6-7,32H2,1-2H3/b19-14+,26-11+. The molecule has 4 N–H and O–H groups in total. The lowest BCUT2D eigenvalue weighted by Crippen LogP contribution is -2.24. The van der Waals surface area contributed by atoms with Crippen LogP contribution in [0.15, 0.2) is 67.1 Å². The summed E-state index contributed by atoms with van der Waals surface area (Å²) in [5.41, 5.74) is 13.2. The Bertz CT molecular complexity index is 1830. The van der Waals surface area contributed by atoms with Gasteiger partial charge >= 0.3 is 0 Å². The smallest absolute Gasteiger partial charge is 0.137 e. The van der Waals surface area contributed by atoms with E-state index in [-0.39, 0.29) is 5.82 Å². The molecule has 7 nitrogen and oxygen atoms in total. The molecule has 0 bridgehead atoms. The zero-order valence-electron chi connectivity index (χ0n) is 21.0. The molecule has 0 radical (unpaired) electrons. The Hall–Kier alpha value is -4.85. The summed E-state index contributed by atoms with van der Waals surface area (Å²) in [4.78, 5) is 7.79. The highest BCUT2D eigenvalue weighted by Crippen LogP contribution is 2.34. The van der Waals surface area contributed by atoms with E-state index >= 15 is 0 Å². The van der Waals surface area contributed by atoms with Crippen molar-refractivity contribution in [3.8, 4) is 34.0 Å². The van der Waals surface area contributed by atoms with Crippen LogP contribution in [-0.4, -0.2) is 34.4 Å². The van der Waals surface area contributed by atoms with Gasteiger partial charge in [-0.1, -0.05) is 12.1 Å². The van der Waals surface area contributed by atoms with Crippen molar-refractivity contribution in [3.63, 3.8) is 0 Å². The SMILES string of the molecule is COc1cncc(C(/C=c2/c(-c3cc4c(-c5cc(F)cc(OC)c5)cccc4[nH]3)n[nH]c2=C2CC2)=C/N)c1. The number of rotatable bonds is 6. The van der Waals surface area contributed by atoms with Crippen molar-refractivity contribution in [2.24, 2.45) is 5.73 Å². The van der Waals surface area contributed by atoms with E-state index in [2.05, 4.69) is 21.1 Å². The van der Waals surface area contributed by atoms with Crippen molar-refractivity contribution < 1.29 is 13.9 Å². The molecule has 8 heteroatoms. The first kappa shape index (κ1) is 23.5. The molecule has 3 heterocycles. The van der Waals surface area contributed by atoms with Crippen LogP contribution in [0.5, 0.6) is 11.5 Å². The first-order chi connectivity index (χ1) is 18.6. The van der Waals surface area contributed by atoms with Gasteiger partial charge in [-0.25, -0.2) is 4.39 Å². The number of ether oxygens (including phenoxy) is 2. The second kappa shape index (κ2) is 9.55. The molecule has 1 fully saturated rings. The van der Waals surface area contributed by atoms with E-state index in [0.717, 1.165) is 68.0 Å². The lowest BCUT2D eigenvalue weighted by Gasteiger charge is -2.07. The number of methoxy groups -OCH3 is 2. The third-order valence-electron chi connectivity index (χ3n) is 6.76. The second-order valence-corrected chi connectivity index (χ2v) is 9.17. The predicted molar refractivity (Wildman–Crippen MR) is 147 cm³/mol. The van der Waals surface area contributed by atoms with Crippen molar-refractivity contribution in [2.75, 3.05) is 14.2 Å². The first-order valence-electron chi connectivity index (χ1n) is 12.2. The van der Waals surface area contributed by atoms with Gasteiger partial charge < -0.3 is 20.2 Å². The van der Waals surface area contributed by atoms with Crippen molar-refractivity contribution in [1.29, 1.82) is 0 Å². The van der Waals surface area contributed by atoms with Crippen LogP contribution >= 0.6 is 0 Å². The van der Waals surface area contributed by atoms with Crippen LogP contribution in [-0.2, 0) is 0 Å². The lowest BCUT2D eigenvalue weighted by atomic mass is 10.0. The number of aromatic nitrogens is 4. The summed E-state index contributed by atoms with van der Waals surface area (Å²) >= 11 is 0. The van der Waals surface area contributed by atoms with Gasteiger partial charge in [0.1, 0.15) is 23.0 Å². The van der Waals surface area contributed by atoms with Crippen LogP contribution < -0.4 is 25.8 Å². The fourth-order valence-corrected chi connectivity index (χ4v) is 4.72. The number of benzene rings is 2. The molecule has 0 saturated heterocycles. The normalized spacial score (nSPS) is 13.8. The van der Waals surface area contributed by atoms with Crippen LogP contribution in [0.2, 0.25) is 0 Å². The van der Waals surface area contributed by atoms with Crippen LogP contribution in [0.3, 0.4) is 0 Å². The molecule has 1 aliphatic carbocycles. The molecule has 0 aliphatic heterocycles. The van der Waals surface area contributed by atoms with Gasteiger partial charge in [0.15, 0.2) is 0 Å². The van der Waals surface area contributed by atoms with Gasteiger partial charge in [0, 0.05) is 40.1 Å². The topological polar surface area (TPSA) is 102 Å². The highest BCUT2D eigenvalue weighted by Gasteiger charge is 2.18. The second-order valence-electron chi connectivity index (χ2n) is 9.17. The number of nitrogens with one attached hydrogen (secondary N) is 2. The zero-order chi connectivity index (χ0) is 26.2. The average Bonchev–Trinajstić information content (AvgIpc) is 3.55. The van der Waals surface area contributed by atoms with Gasteiger partial charge in [-0.15, -0.1) is 0 Å². The maximum atomic E-state index is 14.3. The van der Waals surface area contributed by atoms with Crippen LogP contribution in [0.1, 0.15) is 18.4 Å². The molecule has 190 valence electrons. The number of halogens is 1. The molecule has 6 rings (SSSR count). The Labute approximate surface area is 218 Å². The Balaban J connectivity index is 1.52. The molecule has 38 heavy (non-hydrogen) atoms. The van der Waals surface area contributed by atoms with Gasteiger partial charge in [-0.2, -0.15) is 5.10 Å². The molecule has 0 unspecified atom stereocenters. The van der Waals surface area contributed by atoms with Gasteiger partial charge in [0.25, 0.3) is 0 Å². The summed E-state index contributed by atoms with van der Waals surface area (Å²) in [6.07, 6.45) is 9.06. The van der Waals surface area contributed by atoms with Crippen molar-refractivity contribution >= 4 is 28.1 Å². The highest BCUT2D eigenvalue weighted by molar-refractivity contribution is 5.98. The molecule has 2 aromatic carbocycles. The minimum absolute atomic E-state index is 0.351.